The Labute approximate surface area is 128 Å². The Kier molecular flexibility index (Phi) is 4.71. The summed E-state index contributed by atoms with van der Waals surface area (Å²) in [5.74, 6) is 0.850. The van der Waals surface area contributed by atoms with Crippen molar-refractivity contribution in [3.05, 3.63) is 57.5 Å². The lowest BCUT2D eigenvalue weighted by molar-refractivity contribution is 0.216. The molecule has 0 fully saturated rings. The second-order valence-electron chi connectivity index (χ2n) is 5.75. The number of hydrogen-bond acceptors (Lipinski definition) is 2. The van der Waals surface area contributed by atoms with Gasteiger partial charge in [0.05, 0.1) is 6.26 Å². The van der Waals surface area contributed by atoms with Gasteiger partial charge in [-0.2, -0.15) is 0 Å². The van der Waals surface area contributed by atoms with Gasteiger partial charge in [-0.1, -0.05) is 45.9 Å². The summed E-state index contributed by atoms with van der Waals surface area (Å²) in [5, 5.41) is 10.6. The minimum Gasteiger partial charge on any atom is -0.457 e. The van der Waals surface area contributed by atoms with Crippen molar-refractivity contribution < 1.29 is 9.52 Å². The number of aliphatic hydroxyl groups is 1. The van der Waals surface area contributed by atoms with Crippen LogP contribution in [0.3, 0.4) is 0 Å². The summed E-state index contributed by atoms with van der Waals surface area (Å²) in [6, 6.07) is 8.15. The Morgan fingerprint density at radius 2 is 1.65 bits per heavy atom. The summed E-state index contributed by atoms with van der Waals surface area (Å²) in [7, 11) is 0. The number of furan rings is 1. The van der Waals surface area contributed by atoms with E-state index in [1.807, 2.05) is 6.07 Å². The molecule has 0 aliphatic heterocycles. The molecule has 1 N–H and O–H groups in total. The highest BCUT2D eigenvalue weighted by atomic mass is 79.9. The molecule has 1 aromatic carbocycles. The van der Waals surface area contributed by atoms with E-state index in [4.69, 9.17) is 4.42 Å². The number of rotatable bonds is 4. The van der Waals surface area contributed by atoms with Crippen LogP contribution in [-0.4, -0.2) is 5.11 Å². The van der Waals surface area contributed by atoms with Crippen LogP contribution in [0.2, 0.25) is 0 Å². The monoisotopic (exact) mass is 336 g/mol. The average molecular weight is 337 g/mol. The molecule has 0 bridgehead atoms. The summed E-state index contributed by atoms with van der Waals surface area (Å²) in [6.45, 7) is 8.67. The summed E-state index contributed by atoms with van der Waals surface area (Å²) < 4.78 is 5.82. The van der Waals surface area contributed by atoms with E-state index in [-0.39, 0.29) is 0 Å². The third-order valence-electron chi connectivity index (χ3n) is 3.63. The van der Waals surface area contributed by atoms with Crippen LogP contribution in [0.4, 0.5) is 0 Å². The normalized spacial score (nSPS) is 13.2. The quantitative estimate of drug-likeness (QED) is 0.813. The molecular weight excluding hydrogens is 316 g/mol. The maximum Gasteiger partial charge on any atom is 0.175 e. The molecule has 1 atom stereocenters. The molecule has 2 nitrogen and oxygen atoms in total. The number of halogens is 1. The fourth-order valence-corrected chi connectivity index (χ4v) is 2.83. The lowest BCUT2D eigenvalue weighted by atomic mass is 9.88. The molecule has 0 radical (unpaired) electrons. The van der Waals surface area contributed by atoms with E-state index in [2.05, 4.69) is 55.8 Å². The van der Waals surface area contributed by atoms with Gasteiger partial charge in [0.2, 0.25) is 0 Å². The zero-order chi connectivity index (χ0) is 14.9. The van der Waals surface area contributed by atoms with Crippen LogP contribution in [-0.2, 0) is 0 Å². The Balaban J connectivity index is 2.48. The van der Waals surface area contributed by atoms with Gasteiger partial charge in [-0.05, 0) is 50.5 Å². The van der Waals surface area contributed by atoms with E-state index in [0.717, 1.165) is 11.1 Å². The SMILES string of the molecule is CC(C)c1ccc(C(O)c2ccoc2Br)c(C(C)C)c1. The summed E-state index contributed by atoms with van der Waals surface area (Å²) in [6.07, 6.45) is 0.918. The van der Waals surface area contributed by atoms with E-state index < -0.39 is 6.10 Å². The van der Waals surface area contributed by atoms with Gasteiger partial charge in [-0.3, -0.25) is 0 Å². The first-order valence-electron chi connectivity index (χ1n) is 6.96. The molecule has 0 aliphatic rings. The Hall–Kier alpha value is -1.06. The van der Waals surface area contributed by atoms with Gasteiger partial charge < -0.3 is 9.52 Å². The molecule has 108 valence electrons. The van der Waals surface area contributed by atoms with Gasteiger partial charge in [0.15, 0.2) is 4.67 Å². The molecule has 1 aromatic heterocycles. The van der Waals surface area contributed by atoms with Crippen molar-refractivity contribution in [2.24, 2.45) is 0 Å². The lowest BCUT2D eigenvalue weighted by Gasteiger charge is -2.20. The van der Waals surface area contributed by atoms with Crippen LogP contribution in [0.15, 0.2) is 39.6 Å². The molecule has 2 rings (SSSR count). The third-order valence-corrected chi connectivity index (χ3v) is 4.28. The largest absolute Gasteiger partial charge is 0.457 e. The van der Waals surface area contributed by atoms with Crippen LogP contribution in [0.5, 0.6) is 0 Å². The smallest absolute Gasteiger partial charge is 0.175 e. The molecule has 0 saturated heterocycles. The molecule has 0 saturated carbocycles. The van der Waals surface area contributed by atoms with Crippen molar-refractivity contribution in [3.8, 4) is 0 Å². The van der Waals surface area contributed by atoms with Crippen molar-refractivity contribution in [3.63, 3.8) is 0 Å². The Bertz CT molecular complexity index is 584. The van der Waals surface area contributed by atoms with Crippen molar-refractivity contribution >= 4 is 15.9 Å². The molecule has 20 heavy (non-hydrogen) atoms. The zero-order valence-electron chi connectivity index (χ0n) is 12.4. The second-order valence-corrected chi connectivity index (χ2v) is 6.47. The first kappa shape index (κ1) is 15.3. The number of aliphatic hydroxyl groups excluding tert-OH is 1. The number of hydrogen-bond donors (Lipinski definition) is 1. The molecule has 0 aliphatic carbocycles. The fourth-order valence-electron chi connectivity index (χ4n) is 2.37. The predicted octanol–water partition coefficient (Wildman–Crippen LogP) is 5.37. The highest BCUT2D eigenvalue weighted by Gasteiger charge is 2.20. The molecule has 2 aromatic rings. The van der Waals surface area contributed by atoms with E-state index in [0.29, 0.717) is 16.5 Å². The maximum absolute atomic E-state index is 10.6. The van der Waals surface area contributed by atoms with E-state index in [1.165, 1.54) is 11.1 Å². The molecule has 0 spiro atoms. The topological polar surface area (TPSA) is 33.4 Å². The van der Waals surface area contributed by atoms with E-state index in [1.54, 1.807) is 12.3 Å². The highest BCUT2D eigenvalue weighted by Crippen LogP contribution is 2.35. The molecule has 1 unspecified atom stereocenters. The van der Waals surface area contributed by atoms with Crippen LogP contribution < -0.4 is 0 Å². The summed E-state index contributed by atoms with van der Waals surface area (Å²) >= 11 is 3.34. The highest BCUT2D eigenvalue weighted by molar-refractivity contribution is 9.10. The van der Waals surface area contributed by atoms with Gasteiger partial charge in [0, 0.05) is 5.56 Å². The van der Waals surface area contributed by atoms with Crippen LogP contribution in [0.25, 0.3) is 0 Å². The minimum absolute atomic E-state index is 0.365. The van der Waals surface area contributed by atoms with E-state index in [9.17, 15) is 5.11 Å². The van der Waals surface area contributed by atoms with Crippen LogP contribution >= 0.6 is 15.9 Å². The van der Waals surface area contributed by atoms with Gasteiger partial charge in [0.25, 0.3) is 0 Å². The fraction of sp³-hybridized carbons (Fsp3) is 0.412. The van der Waals surface area contributed by atoms with Crippen molar-refractivity contribution in [2.75, 3.05) is 0 Å². The lowest BCUT2D eigenvalue weighted by Crippen LogP contribution is -2.06. The first-order valence-corrected chi connectivity index (χ1v) is 7.75. The van der Waals surface area contributed by atoms with Crippen molar-refractivity contribution in [1.82, 2.24) is 0 Å². The molecule has 3 heteroatoms. The second kappa shape index (κ2) is 6.15. The third kappa shape index (κ3) is 2.99. The van der Waals surface area contributed by atoms with Crippen molar-refractivity contribution in [1.29, 1.82) is 0 Å². The van der Waals surface area contributed by atoms with Gasteiger partial charge in [-0.25, -0.2) is 0 Å². The average Bonchev–Trinajstić information content (AvgIpc) is 2.83. The maximum atomic E-state index is 10.6. The van der Waals surface area contributed by atoms with Crippen LogP contribution in [0, 0.1) is 0 Å². The molecular formula is C17H21BrO2. The van der Waals surface area contributed by atoms with Gasteiger partial charge in [0.1, 0.15) is 6.10 Å². The Morgan fingerprint density at radius 1 is 0.950 bits per heavy atom. The summed E-state index contributed by atoms with van der Waals surface area (Å²) in [4.78, 5) is 0. The van der Waals surface area contributed by atoms with Gasteiger partial charge in [-0.15, -0.1) is 0 Å². The standard InChI is InChI=1S/C17H21BrO2/c1-10(2)12-5-6-13(15(9-12)11(3)4)16(19)14-7-8-20-17(14)18/h5-11,16,19H,1-4H3. The minimum atomic E-state index is -0.665. The van der Waals surface area contributed by atoms with Gasteiger partial charge >= 0.3 is 0 Å². The Morgan fingerprint density at radius 3 is 2.15 bits per heavy atom. The van der Waals surface area contributed by atoms with Crippen LogP contribution in [0.1, 0.15) is 67.9 Å². The molecule has 0 amide bonds. The number of benzene rings is 1. The first-order chi connectivity index (χ1) is 9.41. The summed E-state index contributed by atoms with van der Waals surface area (Å²) in [5.41, 5.74) is 4.21. The molecule has 1 heterocycles. The van der Waals surface area contributed by atoms with E-state index >= 15 is 0 Å². The predicted molar refractivity (Wildman–Crippen MR) is 85.1 cm³/mol. The zero-order valence-corrected chi connectivity index (χ0v) is 13.9. The van der Waals surface area contributed by atoms with Crippen molar-refractivity contribution in [2.45, 2.75) is 45.6 Å².